The van der Waals surface area contributed by atoms with Crippen LogP contribution in [0.2, 0.25) is 0 Å². The van der Waals surface area contributed by atoms with Gasteiger partial charge in [0.25, 0.3) is 5.91 Å². The average molecular weight is 443 g/mol. The van der Waals surface area contributed by atoms with Gasteiger partial charge in [0, 0.05) is 43.9 Å². The Morgan fingerprint density at radius 2 is 1.53 bits per heavy atom. The highest BCUT2D eigenvalue weighted by molar-refractivity contribution is 5.95. The predicted molar refractivity (Wildman–Crippen MR) is 120 cm³/mol. The van der Waals surface area contributed by atoms with Gasteiger partial charge >= 0.3 is 0 Å². The maximum atomic E-state index is 13.8. The molecule has 0 spiro atoms. The average Bonchev–Trinajstić information content (AvgIpc) is 2.85. The minimum atomic E-state index is -0.305. The van der Waals surface area contributed by atoms with Crippen LogP contribution < -0.4 is 14.2 Å². The molecule has 0 unspecified atom stereocenters. The van der Waals surface area contributed by atoms with Gasteiger partial charge in [0.1, 0.15) is 17.6 Å². The maximum Gasteiger partial charge on any atom is 0.254 e. The second-order valence-electron chi connectivity index (χ2n) is 8.41. The number of hydrogen-bond acceptors (Lipinski definition) is 5. The number of carbonyl (C=O) groups is 1. The fraction of sp³-hybridized carbons (Fsp3) is 0.480. The summed E-state index contributed by atoms with van der Waals surface area (Å²) >= 11 is 0. The molecule has 2 saturated heterocycles. The SMILES string of the molecule is COc1cc(OC)cc(C(=O)N2CCC(N3CCC(Oc4ccccc4F)CC3)CC2)c1. The van der Waals surface area contributed by atoms with Crippen molar-refractivity contribution in [3.8, 4) is 17.2 Å². The Labute approximate surface area is 188 Å². The number of para-hydroxylation sites is 1. The Morgan fingerprint density at radius 1 is 0.906 bits per heavy atom. The molecule has 32 heavy (non-hydrogen) atoms. The quantitative estimate of drug-likeness (QED) is 0.677. The Balaban J connectivity index is 1.27. The number of ether oxygens (including phenoxy) is 3. The number of halogens is 1. The second kappa shape index (κ2) is 10.2. The summed E-state index contributed by atoms with van der Waals surface area (Å²) < 4.78 is 30.3. The van der Waals surface area contributed by atoms with Gasteiger partial charge in [0.2, 0.25) is 0 Å². The van der Waals surface area contributed by atoms with Crippen molar-refractivity contribution in [1.82, 2.24) is 9.80 Å². The fourth-order valence-corrected chi connectivity index (χ4v) is 4.63. The normalized spacial score (nSPS) is 18.4. The lowest BCUT2D eigenvalue weighted by Crippen LogP contribution is -2.50. The van der Waals surface area contributed by atoms with E-state index in [1.54, 1.807) is 50.6 Å². The monoisotopic (exact) mass is 442 g/mol. The van der Waals surface area contributed by atoms with Gasteiger partial charge in [-0.05, 0) is 49.9 Å². The van der Waals surface area contributed by atoms with Crippen molar-refractivity contribution in [1.29, 1.82) is 0 Å². The minimum Gasteiger partial charge on any atom is -0.497 e. The third-order valence-electron chi connectivity index (χ3n) is 6.47. The topological polar surface area (TPSA) is 51.2 Å². The smallest absolute Gasteiger partial charge is 0.254 e. The van der Waals surface area contributed by atoms with Crippen LogP contribution in [0.15, 0.2) is 42.5 Å². The fourth-order valence-electron chi connectivity index (χ4n) is 4.63. The van der Waals surface area contributed by atoms with E-state index in [1.165, 1.54) is 6.07 Å². The third kappa shape index (κ3) is 5.15. The van der Waals surface area contributed by atoms with Crippen molar-refractivity contribution in [2.45, 2.75) is 37.8 Å². The highest BCUT2D eigenvalue weighted by Gasteiger charge is 2.31. The summed E-state index contributed by atoms with van der Waals surface area (Å²) in [5.41, 5.74) is 0.589. The second-order valence-corrected chi connectivity index (χ2v) is 8.41. The van der Waals surface area contributed by atoms with E-state index in [1.807, 2.05) is 4.90 Å². The van der Waals surface area contributed by atoms with E-state index in [0.717, 1.165) is 51.9 Å². The number of amides is 1. The van der Waals surface area contributed by atoms with Crippen LogP contribution in [-0.4, -0.2) is 68.3 Å². The molecule has 6 nitrogen and oxygen atoms in total. The summed E-state index contributed by atoms with van der Waals surface area (Å²) in [7, 11) is 3.16. The molecular formula is C25H31FN2O4. The summed E-state index contributed by atoms with van der Waals surface area (Å²) in [6.45, 7) is 3.33. The van der Waals surface area contributed by atoms with E-state index in [2.05, 4.69) is 4.90 Å². The molecule has 0 radical (unpaired) electrons. The highest BCUT2D eigenvalue weighted by atomic mass is 19.1. The first-order valence-corrected chi connectivity index (χ1v) is 11.2. The molecule has 2 aromatic rings. The summed E-state index contributed by atoms with van der Waals surface area (Å²) in [5.74, 6) is 1.27. The molecule has 2 fully saturated rings. The standard InChI is InChI=1S/C25H31FN2O4/c1-30-21-15-18(16-22(17-21)31-2)25(29)28-11-7-19(8-12-28)27-13-9-20(10-14-27)32-24-6-4-3-5-23(24)26/h3-6,15-17,19-20H,7-14H2,1-2H3. The molecule has 0 atom stereocenters. The van der Waals surface area contributed by atoms with Gasteiger partial charge in [0.05, 0.1) is 14.2 Å². The van der Waals surface area contributed by atoms with Crippen molar-refractivity contribution in [3.63, 3.8) is 0 Å². The van der Waals surface area contributed by atoms with Crippen LogP contribution in [0.25, 0.3) is 0 Å². The first-order valence-electron chi connectivity index (χ1n) is 11.2. The number of nitrogens with zero attached hydrogens (tertiary/aromatic N) is 2. The van der Waals surface area contributed by atoms with Crippen LogP contribution in [0.4, 0.5) is 4.39 Å². The zero-order valence-corrected chi connectivity index (χ0v) is 18.8. The molecule has 4 rings (SSSR count). The van der Waals surface area contributed by atoms with Crippen LogP contribution in [0.1, 0.15) is 36.0 Å². The van der Waals surface area contributed by atoms with E-state index in [4.69, 9.17) is 14.2 Å². The van der Waals surface area contributed by atoms with E-state index >= 15 is 0 Å². The van der Waals surface area contributed by atoms with Gasteiger partial charge in [0.15, 0.2) is 11.6 Å². The van der Waals surface area contributed by atoms with Gasteiger partial charge in [-0.15, -0.1) is 0 Å². The largest absolute Gasteiger partial charge is 0.497 e. The molecular weight excluding hydrogens is 411 g/mol. The van der Waals surface area contributed by atoms with Gasteiger partial charge < -0.3 is 19.1 Å². The summed E-state index contributed by atoms with van der Waals surface area (Å²) in [6.07, 6.45) is 3.72. The lowest BCUT2D eigenvalue weighted by atomic mass is 9.98. The maximum absolute atomic E-state index is 13.8. The van der Waals surface area contributed by atoms with Crippen LogP contribution in [0.3, 0.4) is 0 Å². The molecule has 2 aliphatic heterocycles. The summed E-state index contributed by atoms with van der Waals surface area (Å²) in [6, 6.07) is 12.3. The van der Waals surface area contributed by atoms with E-state index in [9.17, 15) is 9.18 Å². The Bertz CT molecular complexity index is 900. The minimum absolute atomic E-state index is 0.0117. The van der Waals surface area contributed by atoms with Crippen LogP contribution in [0.5, 0.6) is 17.2 Å². The van der Waals surface area contributed by atoms with Crippen molar-refractivity contribution >= 4 is 5.91 Å². The van der Waals surface area contributed by atoms with Crippen molar-refractivity contribution in [3.05, 3.63) is 53.8 Å². The van der Waals surface area contributed by atoms with Crippen molar-refractivity contribution < 1.29 is 23.4 Å². The van der Waals surface area contributed by atoms with Crippen LogP contribution in [0, 0.1) is 5.82 Å². The molecule has 0 bridgehead atoms. The number of likely N-dealkylation sites (tertiary alicyclic amines) is 2. The van der Waals surface area contributed by atoms with E-state index in [0.29, 0.717) is 28.9 Å². The van der Waals surface area contributed by atoms with Gasteiger partial charge in [-0.25, -0.2) is 4.39 Å². The first-order chi connectivity index (χ1) is 15.6. The molecule has 1 amide bonds. The number of hydrogen-bond donors (Lipinski definition) is 0. The summed E-state index contributed by atoms with van der Waals surface area (Å²) in [4.78, 5) is 17.4. The van der Waals surface area contributed by atoms with E-state index < -0.39 is 0 Å². The summed E-state index contributed by atoms with van der Waals surface area (Å²) in [5, 5.41) is 0. The Hall–Kier alpha value is -2.80. The van der Waals surface area contributed by atoms with E-state index in [-0.39, 0.29) is 17.8 Å². The molecule has 172 valence electrons. The number of rotatable bonds is 6. The number of benzene rings is 2. The molecule has 0 aliphatic carbocycles. The van der Waals surface area contributed by atoms with Gasteiger partial charge in [-0.3, -0.25) is 9.69 Å². The Morgan fingerprint density at radius 3 is 2.12 bits per heavy atom. The number of carbonyl (C=O) groups excluding carboxylic acids is 1. The lowest BCUT2D eigenvalue weighted by molar-refractivity contribution is 0.0416. The first kappa shape index (κ1) is 22.4. The highest BCUT2D eigenvalue weighted by Crippen LogP contribution is 2.27. The zero-order valence-electron chi connectivity index (χ0n) is 18.8. The third-order valence-corrected chi connectivity index (χ3v) is 6.47. The van der Waals surface area contributed by atoms with Crippen molar-refractivity contribution in [2.75, 3.05) is 40.4 Å². The van der Waals surface area contributed by atoms with Gasteiger partial charge in [-0.1, -0.05) is 12.1 Å². The van der Waals surface area contributed by atoms with Crippen LogP contribution in [-0.2, 0) is 0 Å². The zero-order chi connectivity index (χ0) is 22.5. The molecule has 2 aliphatic rings. The van der Waals surface area contributed by atoms with Gasteiger partial charge in [-0.2, -0.15) is 0 Å². The molecule has 0 N–H and O–H groups in total. The molecule has 2 heterocycles. The molecule has 0 saturated carbocycles. The number of methoxy groups -OCH3 is 2. The lowest BCUT2D eigenvalue weighted by Gasteiger charge is -2.41. The van der Waals surface area contributed by atoms with Crippen LogP contribution >= 0.6 is 0 Å². The number of piperidine rings is 2. The predicted octanol–water partition coefficient (Wildman–Crippen LogP) is 3.99. The van der Waals surface area contributed by atoms with Crippen molar-refractivity contribution in [2.24, 2.45) is 0 Å². The Kier molecular flexibility index (Phi) is 7.15. The molecule has 0 aromatic heterocycles. The molecule has 7 heteroatoms. The molecule has 2 aromatic carbocycles.